The van der Waals surface area contributed by atoms with E-state index < -0.39 is 35.4 Å². The molecule has 4 rings (SSSR count). The predicted molar refractivity (Wildman–Crippen MR) is 104 cm³/mol. The van der Waals surface area contributed by atoms with Gasteiger partial charge in [-0.05, 0) is 31.2 Å². The number of fused-ring (bicyclic) bond motifs is 1. The van der Waals surface area contributed by atoms with Gasteiger partial charge in [0, 0.05) is 0 Å². The van der Waals surface area contributed by atoms with E-state index in [0.717, 1.165) is 16.8 Å². The Morgan fingerprint density at radius 3 is 2.70 bits per heavy atom. The normalized spacial score (nSPS) is 11.7. The topological polar surface area (TPSA) is 90.0 Å². The van der Waals surface area contributed by atoms with Crippen molar-refractivity contribution >= 4 is 33.1 Å². The molecular weight excluding hydrogens is 421 g/mol. The molecule has 4 aromatic rings. The van der Waals surface area contributed by atoms with Crippen LogP contribution in [0.2, 0.25) is 0 Å². The molecule has 1 amide bonds. The third-order valence-corrected chi connectivity index (χ3v) is 5.14. The van der Waals surface area contributed by atoms with Crippen molar-refractivity contribution in [1.29, 1.82) is 0 Å². The quantitative estimate of drug-likeness (QED) is 0.523. The van der Waals surface area contributed by atoms with Crippen LogP contribution in [-0.2, 0) is 17.5 Å². The molecule has 0 saturated heterocycles. The van der Waals surface area contributed by atoms with Crippen LogP contribution in [0.3, 0.4) is 0 Å². The number of alkyl halides is 3. The number of furan rings is 1. The lowest BCUT2D eigenvalue weighted by molar-refractivity contribution is -0.137. The second-order valence-corrected chi connectivity index (χ2v) is 7.49. The maximum atomic E-state index is 13.1. The van der Waals surface area contributed by atoms with Gasteiger partial charge in [0.2, 0.25) is 5.91 Å². The number of rotatable bonds is 4. The molecule has 0 radical (unpaired) electrons. The Hall–Kier alpha value is -3.47. The number of benzene rings is 1. The van der Waals surface area contributed by atoms with Gasteiger partial charge in [0.1, 0.15) is 12.2 Å². The number of anilines is 1. The zero-order valence-electron chi connectivity index (χ0n) is 15.4. The zero-order chi connectivity index (χ0) is 21.5. The minimum atomic E-state index is -4.64. The standard InChI is InChI=1S/C19H13F3N4O3S/c1-10-23-16-17(30-10)15(13-7-4-8-29-13)25-26(18(16)28)9-14(27)24-12-6-3-2-5-11(12)19(20,21)22/h2-8H,9H2,1H3,(H,24,27). The number of carbonyl (C=O) groups excluding carboxylic acids is 1. The number of carbonyl (C=O) groups is 1. The third kappa shape index (κ3) is 3.71. The Balaban J connectivity index is 1.71. The van der Waals surface area contributed by atoms with Gasteiger partial charge in [0.15, 0.2) is 11.3 Å². The fourth-order valence-corrected chi connectivity index (χ4v) is 3.81. The number of hydrogen-bond donors (Lipinski definition) is 1. The minimum absolute atomic E-state index is 0.113. The van der Waals surface area contributed by atoms with Crippen molar-refractivity contribution in [3.63, 3.8) is 0 Å². The number of aryl methyl sites for hydroxylation is 1. The van der Waals surface area contributed by atoms with E-state index in [1.807, 2.05) is 0 Å². The fraction of sp³-hybridized carbons (Fsp3) is 0.158. The van der Waals surface area contributed by atoms with E-state index in [0.29, 0.717) is 21.2 Å². The average molecular weight is 434 g/mol. The van der Waals surface area contributed by atoms with E-state index in [1.165, 1.54) is 29.7 Å². The molecule has 0 saturated carbocycles. The predicted octanol–water partition coefficient (Wildman–Crippen LogP) is 4.08. The van der Waals surface area contributed by atoms with Crippen LogP contribution in [0.1, 0.15) is 10.6 Å². The summed E-state index contributed by atoms with van der Waals surface area (Å²) in [4.78, 5) is 29.4. The van der Waals surface area contributed by atoms with Gasteiger partial charge in [-0.1, -0.05) is 12.1 Å². The lowest BCUT2D eigenvalue weighted by atomic mass is 10.1. The highest BCUT2D eigenvalue weighted by atomic mass is 32.1. The fourth-order valence-electron chi connectivity index (χ4n) is 2.91. The van der Waals surface area contributed by atoms with Crippen molar-refractivity contribution in [1.82, 2.24) is 14.8 Å². The average Bonchev–Trinajstić information content (AvgIpc) is 3.33. The summed E-state index contributed by atoms with van der Waals surface area (Å²) in [5, 5.41) is 7.03. The van der Waals surface area contributed by atoms with E-state index in [2.05, 4.69) is 15.4 Å². The second kappa shape index (κ2) is 7.41. The van der Waals surface area contributed by atoms with Crippen LogP contribution in [0.4, 0.5) is 18.9 Å². The molecule has 0 aliphatic rings. The maximum absolute atomic E-state index is 13.1. The molecule has 0 fully saturated rings. The highest BCUT2D eigenvalue weighted by Crippen LogP contribution is 2.34. The van der Waals surface area contributed by atoms with E-state index >= 15 is 0 Å². The van der Waals surface area contributed by atoms with E-state index in [9.17, 15) is 22.8 Å². The van der Waals surface area contributed by atoms with Gasteiger partial charge in [-0.15, -0.1) is 11.3 Å². The van der Waals surface area contributed by atoms with Crippen LogP contribution in [0, 0.1) is 6.92 Å². The first-order valence-corrected chi connectivity index (χ1v) is 9.44. The van der Waals surface area contributed by atoms with Gasteiger partial charge in [0.05, 0.1) is 27.2 Å². The molecule has 154 valence electrons. The maximum Gasteiger partial charge on any atom is 0.418 e. The number of halogens is 3. The van der Waals surface area contributed by atoms with Crippen molar-refractivity contribution in [2.24, 2.45) is 0 Å². The summed E-state index contributed by atoms with van der Waals surface area (Å²) in [5.41, 5.74) is -1.57. The van der Waals surface area contributed by atoms with Gasteiger partial charge in [0.25, 0.3) is 5.56 Å². The summed E-state index contributed by atoms with van der Waals surface area (Å²) in [7, 11) is 0. The summed E-state index contributed by atoms with van der Waals surface area (Å²) in [6.45, 7) is 1.13. The van der Waals surface area contributed by atoms with Crippen molar-refractivity contribution < 1.29 is 22.4 Å². The van der Waals surface area contributed by atoms with Crippen molar-refractivity contribution in [3.05, 3.63) is 63.6 Å². The first-order chi connectivity index (χ1) is 14.2. The molecule has 0 bridgehead atoms. The summed E-state index contributed by atoms with van der Waals surface area (Å²) >= 11 is 1.25. The summed E-state index contributed by atoms with van der Waals surface area (Å²) < 4.78 is 46.2. The third-order valence-electron chi connectivity index (χ3n) is 4.16. The SMILES string of the molecule is Cc1nc2c(=O)n(CC(=O)Nc3ccccc3C(F)(F)F)nc(-c3ccco3)c2s1. The van der Waals surface area contributed by atoms with Gasteiger partial charge >= 0.3 is 6.18 Å². The Kier molecular flexibility index (Phi) is 4.90. The Bertz CT molecular complexity index is 1290. The van der Waals surface area contributed by atoms with E-state index in [-0.39, 0.29) is 5.52 Å². The minimum Gasteiger partial charge on any atom is -0.463 e. The Morgan fingerprint density at radius 1 is 1.23 bits per heavy atom. The molecule has 0 atom stereocenters. The Morgan fingerprint density at radius 2 is 2.00 bits per heavy atom. The number of nitrogens with one attached hydrogen (secondary N) is 1. The molecule has 3 aromatic heterocycles. The number of amides is 1. The molecule has 1 N–H and O–H groups in total. The van der Waals surface area contributed by atoms with Crippen LogP contribution < -0.4 is 10.9 Å². The number of para-hydroxylation sites is 1. The van der Waals surface area contributed by atoms with Crippen LogP contribution in [-0.4, -0.2) is 20.7 Å². The van der Waals surface area contributed by atoms with Crippen molar-refractivity contribution in [3.8, 4) is 11.5 Å². The van der Waals surface area contributed by atoms with Crippen molar-refractivity contribution in [2.75, 3.05) is 5.32 Å². The lowest BCUT2D eigenvalue weighted by Crippen LogP contribution is -2.30. The molecule has 0 unspecified atom stereocenters. The highest BCUT2D eigenvalue weighted by molar-refractivity contribution is 7.19. The first-order valence-electron chi connectivity index (χ1n) is 8.62. The largest absolute Gasteiger partial charge is 0.463 e. The molecule has 0 spiro atoms. The number of hydrogen-bond acceptors (Lipinski definition) is 6. The zero-order valence-corrected chi connectivity index (χ0v) is 16.2. The number of thiazole rings is 1. The lowest BCUT2D eigenvalue weighted by Gasteiger charge is -2.14. The number of aromatic nitrogens is 3. The van der Waals surface area contributed by atoms with Crippen LogP contribution >= 0.6 is 11.3 Å². The molecule has 7 nitrogen and oxygen atoms in total. The molecule has 11 heteroatoms. The monoisotopic (exact) mass is 434 g/mol. The summed E-state index contributed by atoms with van der Waals surface area (Å²) in [6, 6.07) is 7.88. The van der Waals surface area contributed by atoms with Crippen LogP contribution in [0.15, 0.2) is 51.9 Å². The molecule has 1 aromatic carbocycles. The summed E-state index contributed by atoms with van der Waals surface area (Å²) in [6.07, 6.45) is -3.20. The second-order valence-electron chi connectivity index (χ2n) is 6.29. The van der Waals surface area contributed by atoms with Gasteiger partial charge in [-0.25, -0.2) is 9.67 Å². The van der Waals surface area contributed by atoms with Gasteiger partial charge in [-0.3, -0.25) is 9.59 Å². The summed E-state index contributed by atoms with van der Waals surface area (Å²) in [5.74, 6) is -0.460. The van der Waals surface area contributed by atoms with Gasteiger partial charge < -0.3 is 9.73 Å². The van der Waals surface area contributed by atoms with Crippen LogP contribution in [0.25, 0.3) is 21.7 Å². The smallest absolute Gasteiger partial charge is 0.418 e. The van der Waals surface area contributed by atoms with E-state index in [1.54, 1.807) is 19.1 Å². The first kappa shape index (κ1) is 19.8. The highest BCUT2D eigenvalue weighted by Gasteiger charge is 2.33. The molecule has 0 aliphatic carbocycles. The molecular formula is C19H13F3N4O3S. The molecule has 0 aliphatic heterocycles. The molecule has 30 heavy (non-hydrogen) atoms. The molecule has 3 heterocycles. The van der Waals surface area contributed by atoms with Crippen molar-refractivity contribution in [2.45, 2.75) is 19.6 Å². The van der Waals surface area contributed by atoms with Gasteiger partial charge in [-0.2, -0.15) is 18.3 Å². The van der Waals surface area contributed by atoms with E-state index in [4.69, 9.17) is 4.42 Å². The Labute approximate surface area is 170 Å². The van der Waals surface area contributed by atoms with Crippen LogP contribution in [0.5, 0.6) is 0 Å². The number of nitrogens with zero attached hydrogens (tertiary/aromatic N) is 3.